The number of sulfone groups is 2. The molecule has 0 atom stereocenters. The Hall–Kier alpha value is -7.28. The van der Waals surface area contributed by atoms with E-state index in [2.05, 4.69) is 18.7 Å². The average molecular weight is 1300 g/mol. The Morgan fingerprint density at radius 2 is 0.741 bits per heavy atom. The summed E-state index contributed by atoms with van der Waals surface area (Å²) in [5, 5.41) is 24.7. The predicted octanol–water partition coefficient (Wildman–Crippen LogP) is 13.5. The molecule has 0 fully saturated rings. The number of methoxy groups -OCH3 is 1. The van der Waals surface area contributed by atoms with Crippen LogP contribution >= 0.6 is 24.1 Å². The molecule has 0 bridgehead atoms. The van der Waals surface area contributed by atoms with Crippen molar-refractivity contribution in [1.29, 1.82) is 0 Å². The topological polar surface area (TPSA) is 291 Å². The van der Waals surface area contributed by atoms with E-state index in [4.69, 9.17) is 29.5 Å². The van der Waals surface area contributed by atoms with E-state index in [-0.39, 0.29) is 49.7 Å². The van der Waals surface area contributed by atoms with E-state index < -0.39 is 111 Å². The van der Waals surface area contributed by atoms with Gasteiger partial charge in [0.15, 0.2) is 0 Å². The molecule has 8 aromatic carbocycles. The molecule has 0 saturated carbocycles. The highest BCUT2D eigenvalue weighted by molar-refractivity contribution is 7.95. The first-order valence-electron chi connectivity index (χ1n) is 23.3. The fourth-order valence-electron chi connectivity index (χ4n) is 8.31. The number of rotatable bonds is 22. The van der Waals surface area contributed by atoms with Crippen LogP contribution in [-0.2, 0) is 64.1 Å². The van der Waals surface area contributed by atoms with Gasteiger partial charge >= 0.3 is 12.4 Å². The largest absolute Gasteiger partial charge is 0.497 e. The highest BCUT2D eigenvalue weighted by atomic mass is 32.2. The molecule has 0 saturated heterocycles. The second-order valence-corrected chi connectivity index (χ2v) is 25.7. The van der Waals surface area contributed by atoms with Crippen molar-refractivity contribution in [3.63, 3.8) is 0 Å². The van der Waals surface area contributed by atoms with Crippen molar-refractivity contribution in [3.8, 4) is 51.4 Å². The molecule has 8 aromatic rings. The van der Waals surface area contributed by atoms with E-state index in [1.54, 1.807) is 31.2 Å². The number of hydrogen-bond donors (Lipinski definition) is 4. The Labute approximate surface area is 487 Å². The van der Waals surface area contributed by atoms with E-state index in [1.165, 1.54) is 42.5 Å². The van der Waals surface area contributed by atoms with Crippen LogP contribution in [0.3, 0.4) is 0 Å². The van der Waals surface area contributed by atoms with Crippen LogP contribution in [-0.4, -0.2) is 72.8 Å². The maximum Gasteiger partial charge on any atom is 0.411 e. The van der Waals surface area contributed by atoms with Gasteiger partial charge in [-0.15, -0.1) is 8.67 Å². The molecule has 0 radical (unpaired) electrons. The lowest BCUT2D eigenvalue weighted by Gasteiger charge is -2.38. The van der Waals surface area contributed by atoms with Crippen LogP contribution in [0.2, 0.25) is 0 Å². The zero-order chi connectivity index (χ0) is 61.9. The van der Waals surface area contributed by atoms with Gasteiger partial charge in [0.2, 0.25) is 25.1 Å². The fourth-order valence-corrected chi connectivity index (χ4v) is 13.5. The summed E-state index contributed by atoms with van der Waals surface area (Å²) in [5.41, 5.74) is -5.35. The third kappa shape index (κ3) is 13.7. The molecule has 20 nitrogen and oxygen atoms in total. The molecule has 0 unspecified atom stereocenters. The Morgan fingerprint density at radius 3 is 1.12 bits per heavy atom. The minimum absolute atomic E-state index is 0.0251. The quantitative estimate of drug-likeness (QED) is 0.0161. The van der Waals surface area contributed by atoms with Crippen molar-refractivity contribution in [1.82, 2.24) is 0 Å². The second kappa shape index (κ2) is 25.0. The summed E-state index contributed by atoms with van der Waals surface area (Å²) >= 11 is 0.780. The fraction of sp³-hybridized carbons (Fsp3) is 0.0943. The molecule has 32 heteroatoms. The molecule has 85 heavy (non-hydrogen) atoms. The van der Waals surface area contributed by atoms with Crippen molar-refractivity contribution in [2.24, 2.45) is 0 Å². The van der Waals surface area contributed by atoms with E-state index in [0.29, 0.717) is 71.2 Å². The molecule has 4 N–H and O–H groups in total. The number of hydrogen-bond acceptors (Lipinski definition) is 20. The zero-order valence-corrected chi connectivity index (χ0v) is 47.6. The summed E-state index contributed by atoms with van der Waals surface area (Å²) in [7, 11) is -18.5. The lowest BCUT2D eigenvalue weighted by atomic mass is 9.73. The number of halogens is 6. The molecule has 0 aromatic heterocycles. The highest BCUT2D eigenvalue weighted by Gasteiger charge is 2.72. The molecular formula is C53H38F6O20S6. The van der Waals surface area contributed by atoms with Gasteiger partial charge in [-0.3, -0.25) is 9.11 Å². The van der Waals surface area contributed by atoms with Crippen molar-refractivity contribution in [2.45, 2.75) is 63.9 Å². The van der Waals surface area contributed by atoms with Gasteiger partial charge in [-0.05, 0) is 150 Å². The molecule has 0 spiro atoms. The predicted molar refractivity (Wildman–Crippen MR) is 287 cm³/mol. The summed E-state index contributed by atoms with van der Waals surface area (Å²) in [5.74, 6) is -1.64. The minimum Gasteiger partial charge on any atom is -0.497 e. The third-order valence-corrected chi connectivity index (χ3v) is 19.0. The van der Waals surface area contributed by atoms with Crippen molar-refractivity contribution in [2.75, 3.05) is 7.11 Å². The summed E-state index contributed by atoms with van der Waals surface area (Å²) in [6, 6.07) is 29.5. The highest BCUT2D eigenvalue weighted by Crippen LogP contribution is 2.57. The van der Waals surface area contributed by atoms with E-state index in [1.807, 2.05) is 0 Å². The van der Waals surface area contributed by atoms with E-state index in [9.17, 15) is 69.1 Å². The standard InChI is InChI=1S/C53H38F6O20S6/c1-31-3-20-40(27-47(31)80-78-76-60)82(62,63)42-22-25-45(49(29-42)84(66,67)68)74-38-14-6-33(7-15-38)32-4-12-37(13-5-32)73-44-24-21-41(28-48(44)81-79-77-61)83(64,65)43-23-26-46(50(30-43)85(69,70)71)75-39-18-10-35(11-19-39)51(52(54,55)56,53(57,58)59)34-8-16-36(72-2)17-9-34/h3-30,60-61H,1-2H3,(H,66,67,68)(H,69,70,71). The minimum atomic E-state index is -5.96. The Balaban J connectivity index is 0.988. The molecule has 0 aliphatic rings. The van der Waals surface area contributed by atoms with Crippen LogP contribution in [0, 0.1) is 6.92 Å². The van der Waals surface area contributed by atoms with Gasteiger partial charge in [0, 0.05) is 4.90 Å². The van der Waals surface area contributed by atoms with Crippen LogP contribution in [0.4, 0.5) is 26.3 Å². The summed E-state index contributed by atoms with van der Waals surface area (Å²) in [4.78, 5) is -4.09. The Kier molecular flexibility index (Phi) is 18.7. The maximum atomic E-state index is 14.7. The second-order valence-electron chi connectivity index (χ2n) is 17.5. The van der Waals surface area contributed by atoms with E-state index in [0.717, 1.165) is 67.8 Å². The van der Waals surface area contributed by atoms with Crippen molar-refractivity contribution < 1.29 is 117 Å². The first-order chi connectivity index (χ1) is 39.9. The number of ether oxygens (including phenoxy) is 4. The lowest BCUT2D eigenvalue weighted by molar-refractivity contribution is -0.432. The Morgan fingerprint density at radius 1 is 0.412 bits per heavy atom. The summed E-state index contributed by atoms with van der Waals surface area (Å²) in [6.45, 7) is 1.63. The van der Waals surface area contributed by atoms with Gasteiger partial charge in [0.25, 0.3) is 20.2 Å². The summed E-state index contributed by atoms with van der Waals surface area (Å²) < 4.78 is 245. The molecule has 0 aliphatic heterocycles. The molecule has 8 rings (SSSR count). The monoisotopic (exact) mass is 1300 g/mol. The first-order valence-corrected chi connectivity index (χ1v) is 30.7. The van der Waals surface area contributed by atoms with Gasteiger partial charge in [0.05, 0.1) is 55.7 Å². The smallest absolute Gasteiger partial charge is 0.411 e. The van der Waals surface area contributed by atoms with E-state index >= 15 is 0 Å². The molecule has 0 heterocycles. The first kappa shape index (κ1) is 63.7. The van der Waals surface area contributed by atoms with Crippen LogP contribution in [0.25, 0.3) is 11.1 Å². The summed E-state index contributed by atoms with van der Waals surface area (Å²) in [6.07, 6.45) is -11.9. The van der Waals surface area contributed by atoms with Crippen molar-refractivity contribution >= 4 is 64.0 Å². The van der Waals surface area contributed by atoms with Gasteiger partial charge in [-0.25, -0.2) is 27.4 Å². The van der Waals surface area contributed by atoms with Crippen LogP contribution < -0.4 is 18.9 Å². The normalized spacial score (nSPS) is 12.7. The SMILES string of the molecule is COc1ccc(C(c2ccc(Oc3ccc(S(=O)(=O)c4ccc(Oc5ccc(-c6ccc(Oc7ccc(S(=O)(=O)c8ccc(C)c(SOOO)c8)cc7S(=O)(=O)O)cc6)cc5)c(SOOO)c4)cc3S(=O)(=O)O)cc2)(C(F)(F)F)C(F)(F)F)cc1. The number of alkyl halides is 6. The van der Waals surface area contributed by atoms with Gasteiger partial charge in [-0.1, -0.05) is 64.7 Å². The van der Waals surface area contributed by atoms with Crippen LogP contribution in [0.1, 0.15) is 16.7 Å². The molecule has 0 amide bonds. The lowest BCUT2D eigenvalue weighted by Crippen LogP contribution is -2.54. The van der Waals surface area contributed by atoms with Crippen LogP contribution in [0.5, 0.6) is 40.2 Å². The average Bonchev–Trinajstić information content (AvgIpc) is 0.985. The van der Waals surface area contributed by atoms with Gasteiger partial charge < -0.3 is 18.9 Å². The molecule has 0 aliphatic carbocycles. The number of benzene rings is 8. The number of aryl methyl sites for hydroxylation is 1. The third-order valence-electron chi connectivity index (χ3n) is 12.4. The Bertz CT molecular complexity index is 4220. The maximum absolute atomic E-state index is 14.7. The van der Waals surface area contributed by atoms with Crippen LogP contribution in [0.15, 0.2) is 209 Å². The molecule has 448 valence electrons. The zero-order valence-electron chi connectivity index (χ0n) is 42.7. The van der Waals surface area contributed by atoms with Gasteiger partial charge in [0.1, 0.15) is 50.0 Å². The van der Waals surface area contributed by atoms with Crippen molar-refractivity contribution in [3.05, 3.63) is 187 Å². The molecular weight excluding hydrogens is 1260 g/mol. The van der Waals surface area contributed by atoms with Gasteiger partial charge in [-0.2, -0.15) is 43.2 Å².